The predicted molar refractivity (Wildman–Crippen MR) is 69.5 cm³/mol. The van der Waals surface area contributed by atoms with Crippen molar-refractivity contribution in [1.82, 2.24) is 10.4 Å². The fraction of sp³-hybridized carbons (Fsp3) is 0.615. The molecule has 0 radical (unpaired) electrons. The summed E-state index contributed by atoms with van der Waals surface area (Å²) in [5.74, 6) is 6.92. The van der Waals surface area contributed by atoms with Crippen LogP contribution in [0.25, 0.3) is 0 Å². The lowest BCUT2D eigenvalue weighted by Gasteiger charge is -2.21. The molecule has 0 fully saturated rings. The SMILES string of the molecule is CCCC(C)CC(NN)c1cccnc1OC. The molecule has 96 valence electrons. The molecule has 4 nitrogen and oxygen atoms in total. The van der Waals surface area contributed by atoms with Crippen LogP contribution >= 0.6 is 0 Å². The van der Waals surface area contributed by atoms with Gasteiger partial charge in [-0.1, -0.05) is 32.8 Å². The molecule has 1 aromatic rings. The molecule has 0 spiro atoms. The molecular formula is C13H23N3O. The number of aromatic nitrogens is 1. The van der Waals surface area contributed by atoms with Crippen molar-refractivity contribution in [2.45, 2.75) is 39.2 Å². The van der Waals surface area contributed by atoms with E-state index in [2.05, 4.69) is 24.3 Å². The minimum absolute atomic E-state index is 0.0974. The lowest BCUT2D eigenvalue weighted by molar-refractivity contribution is 0.358. The Morgan fingerprint density at radius 3 is 2.88 bits per heavy atom. The fourth-order valence-electron chi connectivity index (χ4n) is 2.14. The Balaban J connectivity index is 2.78. The van der Waals surface area contributed by atoms with Crippen molar-refractivity contribution in [3.05, 3.63) is 23.9 Å². The maximum absolute atomic E-state index is 5.64. The molecule has 3 N–H and O–H groups in total. The first-order chi connectivity index (χ1) is 8.22. The largest absolute Gasteiger partial charge is 0.481 e. The van der Waals surface area contributed by atoms with Crippen molar-refractivity contribution in [3.8, 4) is 5.88 Å². The van der Waals surface area contributed by atoms with E-state index in [1.165, 1.54) is 12.8 Å². The van der Waals surface area contributed by atoms with Crippen LogP contribution in [0.5, 0.6) is 5.88 Å². The molecule has 0 aliphatic carbocycles. The van der Waals surface area contributed by atoms with E-state index in [1.807, 2.05) is 12.1 Å². The van der Waals surface area contributed by atoms with E-state index in [1.54, 1.807) is 13.3 Å². The van der Waals surface area contributed by atoms with Crippen LogP contribution in [0.2, 0.25) is 0 Å². The zero-order chi connectivity index (χ0) is 12.7. The number of nitrogens with two attached hydrogens (primary N) is 1. The smallest absolute Gasteiger partial charge is 0.217 e. The molecule has 0 saturated heterocycles. The number of methoxy groups -OCH3 is 1. The Morgan fingerprint density at radius 1 is 1.53 bits per heavy atom. The van der Waals surface area contributed by atoms with Crippen LogP contribution in [0.4, 0.5) is 0 Å². The molecule has 4 heteroatoms. The molecule has 0 amide bonds. The van der Waals surface area contributed by atoms with Gasteiger partial charge in [-0.25, -0.2) is 4.98 Å². The van der Waals surface area contributed by atoms with Gasteiger partial charge in [0.05, 0.1) is 13.2 Å². The minimum atomic E-state index is 0.0974. The standard InChI is InChI=1S/C13H23N3O/c1-4-6-10(2)9-12(16-14)11-7-5-8-15-13(11)17-3/h5,7-8,10,12,16H,4,6,9,14H2,1-3H3. The second kappa shape index (κ2) is 7.25. The zero-order valence-corrected chi connectivity index (χ0v) is 10.9. The molecule has 1 rings (SSSR count). The van der Waals surface area contributed by atoms with E-state index < -0.39 is 0 Å². The summed E-state index contributed by atoms with van der Waals surface area (Å²) in [7, 11) is 1.63. The van der Waals surface area contributed by atoms with Crippen molar-refractivity contribution in [2.24, 2.45) is 11.8 Å². The minimum Gasteiger partial charge on any atom is -0.481 e. The molecule has 17 heavy (non-hydrogen) atoms. The third-order valence-electron chi connectivity index (χ3n) is 2.99. The number of hydrazine groups is 1. The van der Waals surface area contributed by atoms with Gasteiger partial charge in [0.25, 0.3) is 0 Å². The van der Waals surface area contributed by atoms with Crippen LogP contribution in [0, 0.1) is 5.92 Å². The Kier molecular flexibility index (Phi) is 5.94. The third kappa shape index (κ3) is 3.98. The van der Waals surface area contributed by atoms with Crippen LogP contribution in [0.3, 0.4) is 0 Å². The van der Waals surface area contributed by atoms with Crippen LogP contribution < -0.4 is 16.0 Å². The highest BCUT2D eigenvalue weighted by molar-refractivity contribution is 5.28. The number of rotatable bonds is 7. The number of hydrogen-bond donors (Lipinski definition) is 2. The number of hydrogen-bond acceptors (Lipinski definition) is 4. The molecule has 0 aliphatic rings. The van der Waals surface area contributed by atoms with Crippen molar-refractivity contribution in [3.63, 3.8) is 0 Å². The Bertz CT molecular complexity index is 330. The van der Waals surface area contributed by atoms with Gasteiger partial charge in [-0.3, -0.25) is 11.3 Å². The van der Waals surface area contributed by atoms with Gasteiger partial charge in [0.1, 0.15) is 0 Å². The van der Waals surface area contributed by atoms with E-state index in [0.717, 1.165) is 12.0 Å². The van der Waals surface area contributed by atoms with Gasteiger partial charge in [0.15, 0.2) is 0 Å². The summed E-state index contributed by atoms with van der Waals surface area (Å²) in [5, 5.41) is 0. The van der Waals surface area contributed by atoms with E-state index in [9.17, 15) is 0 Å². The van der Waals surface area contributed by atoms with Gasteiger partial charge < -0.3 is 4.74 Å². The summed E-state index contributed by atoms with van der Waals surface area (Å²) in [6.07, 6.45) is 5.13. The highest BCUT2D eigenvalue weighted by Gasteiger charge is 2.17. The van der Waals surface area contributed by atoms with Crippen molar-refractivity contribution < 1.29 is 4.74 Å². The van der Waals surface area contributed by atoms with Crippen molar-refractivity contribution in [1.29, 1.82) is 0 Å². The van der Waals surface area contributed by atoms with Gasteiger partial charge in [0, 0.05) is 11.8 Å². The maximum atomic E-state index is 5.64. The quantitative estimate of drug-likeness (QED) is 0.565. The van der Waals surface area contributed by atoms with E-state index in [4.69, 9.17) is 10.6 Å². The van der Waals surface area contributed by atoms with Crippen LogP contribution in [-0.4, -0.2) is 12.1 Å². The molecule has 2 unspecified atom stereocenters. The zero-order valence-electron chi connectivity index (χ0n) is 10.9. The van der Waals surface area contributed by atoms with Crippen molar-refractivity contribution >= 4 is 0 Å². The number of pyridine rings is 1. The van der Waals surface area contributed by atoms with Gasteiger partial charge in [-0.05, 0) is 18.4 Å². The maximum Gasteiger partial charge on any atom is 0.217 e. The number of nitrogens with zero attached hydrogens (tertiary/aromatic N) is 1. The number of nitrogens with one attached hydrogen (secondary N) is 1. The predicted octanol–water partition coefficient (Wildman–Crippen LogP) is 2.42. The molecule has 0 aliphatic heterocycles. The van der Waals surface area contributed by atoms with Gasteiger partial charge >= 0.3 is 0 Å². The molecule has 0 aromatic carbocycles. The first kappa shape index (κ1) is 13.9. The molecular weight excluding hydrogens is 214 g/mol. The first-order valence-corrected chi connectivity index (χ1v) is 6.17. The average molecular weight is 237 g/mol. The van der Waals surface area contributed by atoms with Crippen molar-refractivity contribution in [2.75, 3.05) is 7.11 Å². The second-order valence-electron chi connectivity index (χ2n) is 4.45. The van der Waals surface area contributed by atoms with Crippen LogP contribution in [0.1, 0.15) is 44.7 Å². The molecule has 0 bridgehead atoms. The summed E-state index contributed by atoms with van der Waals surface area (Å²) in [6.45, 7) is 4.45. The average Bonchev–Trinajstić information content (AvgIpc) is 2.36. The summed E-state index contributed by atoms with van der Waals surface area (Å²) < 4.78 is 5.26. The van der Waals surface area contributed by atoms with Gasteiger partial charge in [0.2, 0.25) is 5.88 Å². The second-order valence-corrected chi connectivity index (χ2v) is 4.45. The fourth-order valence-corrected chi connectivity index (χ4v) is 2.14. The third-order valence-corrected chi connectivity index (χ3v) is 2.99. The Morgan fingerprint density at radius 2 is 2.29 bits per heavy atom. The topological polar surface area (TPSA) is 60.2 Å². The van der Waals surface area contributed by atoms with E-state index >= 15 is 0 Å². The van der Waals surface area contributed by atoms with E-state index in [-0.39, 0.29) is 6.04 Å². The first-order valence-electron chi connectivity index (χ1n) is 6.17. The molecule has 1 heterocycles. The normalized spacial score (nSPS) is 14.4. The Hall–Kier alpha value is -1.13. The lowest BCUT2D eigenvalue weighted by Crippen LogP contribution is -2.29. The monoisotopic (exact) mass is 237 g/mol. The van der Waals surface area contributed by atoms with Gasteiger partial charge in [-0.15, -0.1) is 0 Å². The van der Waals surface area contributed by atoms with Crippen LogP contribution in [-0.2, 0) is 0 Å². The summed E-state index contributed by atoms with van der Waals surface area (Å²) in [6, 6.07) is 4.02. The number of ether oxygens (including phenoxy) is 1. The molecule has 0 saturated carbocycles. The van der Waals surface area contributed by atoms with E-state index in [0.29, 0.717) is 11.8 Å². The highest BCUT2D eigenvalue weighted by Crippen LogP contribution is 2.28. The van der Waals surface area contributed by atoms with Crippen LogP contribution in [0.15, 0.2) is 18.3 Å². The summed E-state index contributed by atoms with van der Waals surface area (Å²) in [5.41, 5.74) is 3.89. The molecule has 2 atom stereocenters. The molecule has 1 aromatic heterocycles. The van der Waals surface area contributed by atoms with Gasteiger partial charge in [-0.2, -0.15) is 0 Å². The Labute approximate surface area is 104 Å². The summed E-state index contributed by atoms with van der Waals surface area (Å²) in [4.78, 5) is 4.20. The highest BCUT2D eigenvalue weighted by atomic mass is 16.5. The lowest BCUT2D eigenvalue weighted by atomic mass is 9.94. The summed E-state index contributed by atoms with van der Waals surface area (Å²) >= 11 is 0.